The highest BCUT2D eigenvalue weighted by Crippen LogP contribution is 2.30. The average molecular weight is 325 g/mol. The van der Waals surface area contributed by atoms with Crippen LogP contribution in [0.25, 0.3) is 11.0 Å². The fourth-order valence-electron chi connectivity index (χ4n) is 2.55. The first-order chi connectivity index (χ1) is 10.5. The molecule has 0 saturated carbocycles. The van der Waals surface area contributed by atoms with Gasteiger partial charge in [0.05, 0.1) is 31.6 Å². The lowest BCUT2D eigenvalue weighted by Crippen LogP contribution is -2.09. The molecule has 0 amide bonds. The van der Waals surface area contributed by atoms with E-state index in [1.54, 1.807) is 10.7 Å². The van der Waals surface area contributed by atoms with Crippen LogP contribution in [0.3, 0.4) is 0 Å². The molecule has 118 valence electrons. The SMILES string of the molecule is CS(=O)(=O)OCCCn1nnc2cc(C=O)c3c(c21)COC3. The molecule has 1 aromatic heterocycles. The highest BCUT2D eigenvalue weighted by Gasteiger charge is 2.22. The maximum absolute atomic E-state index is 11.1. The Labute approximate surface area is 127 Å². The minimum Gasteiger partial charge on any atom is -0.372 e. The summed E-state index contributed by atoms with van der Waals surface area (Å²) in [7, 11) is -3.43. The first-order valence-corrected chi connectivity index (χ1v) is 8.56. The van der Waals surface area contributed by atoms with E-state index in [1.165, 1.54) is 0 Å². The Kier molecular flexibility index (Phi) is 3.94. The first kappa shape index (κ1) is 15.1. The van der Waals surface area contributed by atoms with Crippen molar-refractivity contribution >= 4 is 27.4 Å². The van der Waals surface area contributed by atoms with E-state index in [-0.39, 0.29) is 6.61 Å². The Morgan fingerprint density at radius 2 is 2.18 bits per heavy atom. The van der Waals surface area contributed by atoms with Crippen LogP contribution in [-0.4, -0.2) is 42.6 Å². The number of hydrogen-bond donors (Lipinski definition) is 0. The minimum atomic E-state index is -3.43. The summed E-state index contributed by atoms with van der Waals surface area (Å²) in [5, 5.41) is 8.14. The fraction of sp³-hybridized carbons (Fsp3) is 0.462. The van der Waals surface area contributed by atoms with Gasteiger partial charge >= 0.3 is 0 Å². The summed E-state index contributed by atoms with van der Waals surface area (Å²) in [6.45, 7) is 1.38. The highest BCUT2D eigenvalue weighted by molar-refractivity contribution is 7.85. The maximum atomic E-state index is 11.1. The van der Waals surface area contributed by atoms with E-state index >= 15 is 0 Å². The van der Waals surface area contributed by atoms with Crippen LogP contribution >= 0.6 is 0 Å². The molecule has 3 rings (SSSR count). The second kappa shape index (κ2) is 5.75. The Bertz CT molecular complexity index is 828. The standard InChI is InChI=1S/C13H15N3O5S/c1-22(18,19)21-4-2-3-16-13-11-8-20-7-10(11)9(6-17)5-12(13)14-15-16/h5-6H,2-4,7-8H2,1H3. The lowest BCUT2D eigenvalue weighted by atomic mass is 10.0. The third kappa shape index (κ3) is 2.87. The van der Waals surface area contributed by atoms with Gasteiger partial charge in [-0.15, -0.1) is 5.10 Å². The number of aldehydes is 1. The smallest absolute Gasteiger partial charge is 0.264 e. The van der Waals surface area contributed by atoms with Gasteiger partial charge in [0.15, 0.2) is 6.29 Å². The van der Waals surface area contributed by atoms with Crippen LogP contribution in [-0.2, 0) is 38.8 Å². The predicted molar refractivity (Wildman–Crippen MR) is 76.8 cm³/mol. The van der Waals surface area contributed by atoms with Crippen LogP contribution in [0, 0.1) is 0 Å². The van der Waals surface area contributed by atoms with Crippen molar-refractivity contribution in [3.63, 3.8) is 0 Å². The largest absolute Gasteiger partial charge is 0.372 e. The van der Waals surface area contributed by atoms with Crippen molar-refractivity contribution in [3.05, 3.63) is 22.8 Å². The highest BCUT2D eigenvalue weighted by atomic mass is 32.2. The van der Waals surface area contributed by atoms with E-state index < -0.39 is 10.1 Å². The molecular weight excluding hydrogens is 310 g/mol. The normalized spacial score (nSPS) is 14.4. The second-order valence-corrected chi connectivity index (χ2v) is 6.74. The lowest BCUT2D eigenvalue weighted by molar-refractivity contribution is 0.111. The quantitative estimate of drug-likeness (QED) is 0.436. The van der Waals surface area contributed by atoms with Gasteiger partial charge in [0.2, 0.25) is 0 Å². The van der Waals surface area contributed by atoms with E-state index in [2.05, 4.69) is 10.3 Å². The summed E-state index contributed by atoms with van der Waals surface area (Å²) < 4.78 is 33.7. The van der Waals surface area contributed by atoms with Crippen molar-refractivity contribution in [2.24, 2.45) is 0 Å². The van der Waals surface area contributed by atoms with Gasteiger partial charge in [-0.25, -0.2) is 4.68 Å². The van der Waals surface area contributed by atoms with E-state index in [9.17, 15) is 13.2 Å². The van der Waals surface area contributed by atoms with Crippen molar-refractivity contribution in [3.8, 4) is 0 Å². The molecule has 0 spiro atoms. The molecule has 8 nitrogen and oxygen atoms in total. The number of aromatic nitrogens is 3. The van der Waals surface area contributed by atoms with Crippen LogP contribution in [0.1, 0.15) is 27.9 Å². The Morgan fingerprint density at radius 1 is 1.41 bits per heavy atom. The van der Waals surface area contributed by atoms with Gasteiger partial charge in [-0.2, -0.15) is 8.42 Å². The van der Waals surface area contributed by atoms with Gasteiger partial charge in [0.25, 0.3) is 10.1 Å². The molecule has 1 aliphatic heterocycles. The number of benzene rings is 1. The van der Waals surface area contributed by atoms with Crippen molar-refractivity contribution in [2.75, 3.05) is 12.9 Å². The van der Waals surface area contributed by atoms with E-state index in [0.29, 0.717) is 37.3 Å². The first-order valence-electron chi connectivity index (χ1n) is 6.75. The second-order valence-electron chi connectivity index (χ2n) is 5.09. The molecule has 1 aliphatic rings. The number of nitrogens with zero attached hydrogens (tertiary/aromatic N) is 3. The van der Waals surface area contributed by atoms with Crippen molar-refractivity contribution in [1.29, 1.82) is 0 Å². The van der Waals surface area contributed by atoms with Gasteiger partial charge < -0.3 is 4.74 Å². The minimum absolute atomic E-state index is 0.0886. The van der Waals surface area contributed by atoms with E-state index in [4.69, 9.17) is 8.92 Å². The topological polar surface area (TPSA) is 100 Å². The van der Waals surface area contributed by atoms with E-state index in [1.807, 2.05) is 0 Å². The van der Waals surface area contributed by atoms with Crippen molar-refractivity contribution in [1.82, 2.24) is 15.0 Å². The number of aryl methyl sites for hydroxylation is 1. The molecule has 0 saturated heterocycles. The molecule has 0 bridgehead atoms. The molecule has 0 radical (unpaired) electrons. The summed E-state index contributed by atoms with van der Waals surface area (Å²) in [6.07, 6.45) is 2.30. The van der Waals surface area contributed by atoms with Gasteiger partial charge in [0.1, 0.15) is 5.52 Å². The Hall–Kier alpha value is -1.84. The Morgan fingerprint density at radius 3 is 2.91 bits per heavy atom. The predicted octanol–water partition coefficient (Wildman–Crippen LogP) is 0.640. The molecule has 9 heteroatoms. The zero-order chi connectivity index (χ0) is 15.7. The van der Waals surface area contributed by atoms with Gasteiger partial charge in [0, 0.05) is 17.7 Å². The summed E-state index contributed by atoms with van der Waals surface area (Å²) in [5.74, 6) is 0. The molecule has 1 aromatic carbocycles. The van der Waals surface area contributed by atoms with Gasteiger partial charge in [-0.1, -0.05) is 5.21 Å². The molecular formula is C13H15N3O5S. The number of ether oxygens (including phenoxy) is 1. The molecule has 2 heterocycles. The zero-order valence-corrected chi connectivity index (χ0v) is 12.8. The lowest BCUT2D eigenvalue weighted by Gasteiger charge is -2.07. The van der Waals surface area contributed by atoms with Crippen molar-refractivity contribution in [2.45, 2.75) is 26.2 Å². The van der Waals surface area contributed by atoms with Crippen molar-refractivity contribution < 1.29 is 22.1 Å². The molecule has 0 unspecified atom stereocenters. The monoisotopic (exact) mass is 325 g/mol. The molecule has 0 aliphatic carbocycles. The number of fused-ring (bicyclic) bond motifs is 3. The summed E-state index contributed by atoms with van der Waals surface area (Å²) in [5.41, 5.74) is 3.84. The number of carbonyl (C=O) groups excluding carboxylic acids is 1. The van der Waals surface area contributed by atoms with E-state index in [0.717, 1.165) is 29.2 Å². The zero-order valence-electron chi connectivity index (χ0n) is 12.0. The molecule has 0 fully saturated rings. The molecule has 22 heavy (non-hydrogen) atoms. The van der Waals surface area contributed by atoms with Crippen LogP contribution in [0.15, 0.2) is 6.07 Å². The molecule has 2 aromatic rings. The third-order valence-corrected chi connectivity index (χ3v) is 4.08. The average Bonchev–Trinajstić information content (AvgIpc) is 3.07. The van der Waals surface area contributed by atoms with Gasteiger partial charge in [-0.05, 0) is 18.1 Å². The molecule has 0 N–H and O–H groups in total. The molecule has 0 atom stereocenters. The van der Waals surface area contributed by atoms with Crippen LogP contribution < -0.4 is 0 Å². The summed E-state index contributed by atoms with van der Waals surface area (Å²) >= 11 is 0. The fourth-order valence-corrected chi connectivity index (χ4v) is 2.97. The number of carbonyl (C=O) groups is 1. The van der Waals surface area contributed by atoms with Crippen LogP contribution in [0.4, 0.5) is 0 Å². The van der Waals surface area contributed by atoms with Gasteiger partial charge in [-0.3, -0.25) is 8.98 Å². The third-order valence-electron chi connectivity index (χ3n) is 3.48. The van der Waals surface area contributed by atoms with Crippen LogP contribution in [0.5, 0.6) is 0 Å². The Balaban J connectivity index is 1.86. The summed E-state index contributed by atoms with van der Waals surface area (Å²) in [6, 6.07) is 1.70. The maximum Gasteiger partial charge on any atom is 0.264 e. The summed E-state index contributed by atoms with van der Waals surface area (Å²) in [4.78, 5) is 11.1. The number of rotatable bonds is 6. The van der Waals surface area contributed by atoms with Crippen LogP contribution in [0.2, 0.25) is 0 Å². The number of hydrogen-bond acceptors (Lipinski definition) is 7.